The molecule has 0 atom stereocenters. The fraction of sp³-hybridized carbons (Fsp3) is 0.333. The van der Waals surface area contributed by atoms with Crippen molar-refractivity contribution in [2.75, 3.05) is 0 Å². The van der Waals surface area contributed by atoms with Crippen LogP contribution in [0.2, 0.25) is 0 Å². The smallest absolute Gasteiger partial charge is 0.302 e. The van der Waals surface area contributed by atoms with E-state index in [9.17, 15) is 9.13 Å². The van der Waals surface area contributed by atoms with Gasteiger partial charge in [-0.3, -0.25) is 0 Å². The molecule has 0 aliphatic carbocycles. The minimum Gasteiger partial charge on any atom is -0.302 e. The van der Waals surface area contributed by atoms with Crippen molar-refractivity contribution in [1.29, 1.82) is 0 Å². The Kier molecular flexibility index (Phi) is 6.79. The summed E-state index contributed by atoms with van der Waals surface area (Å²) in [6.07, 6.45) is 1.75. The van der Waals surface area contributed by atoms with E-state index in [4.69, 9.17) is 19.6 Å². The average molecular weight is 220 g/mol. The molecule has 0 aliphatic rings. The molecule has 12 heavy (non-hydrogen) atoms. The van der Waals surface area contributed by atoms with Crippen LogP contribution in [0.5, 0.6) is 0 Å². The summed E-state index contributed by atoms with van der Waals surface area (Å²) < 4.78 is 22.2. The van der Waals surface area contributed by atoms with E-state index in [1.807, 2.05) is 6.92 Å². The lowest BCUT2D eigenvalue weighted by Crippen LogP contribution is -1.84. The SMILES string of the molecule is C=CC.O=P(O)(O)OP(=O)(O)O. The van der Waals surface area contributed by atoms with Crippen molar-refractivity contribution in [2.24, 2.45) is 0 Å². The van der Waals surface area contributed by atoms with Gasteiger partial charge in [-0.05, 0) is 6.92 Å². The third-order valence-corrected chi connectivity index (χ3v) is 1.91. The highest BCUT2D eigenvalue weighted by atomic mass is 31.3. The first-order valence-corrected chi connectivity index (χ1v) is 5.58. The molecule has 0 aliphatic heterocycles. The van der Waals surface area contributed by atoms with E-state index in [1.165, 1.54) is 0 Å². The molecule has 0 fully saturated rings. The maximum absolute atomic E-state index is 9.63. The van der Waals surface area contributed by atoms with Gasteiger partial charge in [0.1, 0.15) is 0 Å². The predicted molar refractivity (Wildman–Crippen MR) is 41.0 cm³/mol. The monoisotopic (exact) mass is 220 g/mol. The van der Waals surface area contributed by atoms with E-state index >= 15 is 0 Å². The van der Waals surface area contributed by atoms with Crippen molar-refractivity contribution < 1.29 is 33.0 Å². The highest BCUT2D eigenvalue weighted by Gasteiger charge is 2.27. The van der Waals surface area contributed by atoms with Crippen LogP contribution in [-0.4, -0.2) is 19.6 Å². The molecular formula is C3H10O7P2. The zero-order valence-corrected chi connectivity index (χ0v) is 7.98. The van der Waals surface area contributed by atoms with Gasteiger partial charge < -0.3 is 19.6 Å². The zero-order valence-electron chi connectivity index (χ0n) is 6.19. The molecule has 0 amide bonds. The minimum atomic E-state index is -5.05. The van der Waals surface area contributed by atoms with Crippen LogP contribution in [0, 0.1) is 0 Å². The predicted octanol–water partition coefficient (Wildman–Crippen LogP) is 0.381. The third-order valence-electron chi connectivity index (χ3n) is 0.213. The van der Waals surface area contributed by atoms with Gasteiger partial charge in [-0.15, -0.1) is 6.58 Å². The van der Waals surface area contributed by atoms with Crippen LogP contribution in [0.4, 0.5) is 0 Å². The largest absolute Gasteiger partial charge is 0.478 e. The van der Waals surface area contributed by atoms with Gasteiger partial charge in [0.2, 0.25) is 0 Å². The fourth-order valence-corrected chi connectivity index (χ4v) is 1.25. The summed E-state index contributed by atoms with van der Waals surface area (Å²) in [6.45, 7) is 5.25. The Morgan fingerprint density at radius 1 is 1.17 bits per heavy atom. The molecule has 0 rings (SSSR count). The Bertz CT molecular complexity index is 191. The molecule has 74 valence electrons. The van der Waals surface area contributed by atoms with E-state index in [1.54, 1.807) is 6.08 Å². The maximum Gasteiger partial charge on any atom is 0.478 e. The summed E-state index contributed by atoms with van der Waals surface area (Å²) in [5.74, 6) is 0. The summed E-state index contributed by atoms with van der Waals surface area (Å²) in [6, 6.07) is 0. The van der Waals surface area contributed by atoms with Crippen molar-refractivity contribution in [3.63, 3.8) is 0 Å². The van der Waals surface area contributed by atoms with Gasteiger partial charge in [-0.2, -0.15) is 4.31 Å². The molecule has 0 unspecified atom stereocenters. The first-order chi connectivity index (χ1) is 5.12. The molecule has 0 aromatic heterocycles. The molecule has 0 radical (unpaired) electrons. The highest BCUT2D eigenvalue weighted by molar-refractivity contribution is 7.60. The molecule has 0 heterocycles. The van der Waals surface area contributed by atoms with E-state index in [-0.39, 0.29) is 0 Å². The minimum absolute atomic E-state index is 1.75. The van der Waals surface area contributed by atoms with Crippen LogP contribution in [0.3, 0.4) is 0 Å². The van der Waals surface area contributed by atoms with Gasteiger partial charge in [0.25, 0.3) is 0 Å². The first kappa shape index (κ1) is 14.5. The lowest BCUT2D eigenvalue weighted by atomic mass is 10.8. The molecule has 0 aromatic carbocycles. The first-order valence-electron chi connectivity index (χ1n) is 2.52. The molecule has 0 saturated heterocycles. The van der Waals surface area contributed by atoms with Gasteiger partial charge in [0.05, 0.1) is 0 Å². The summed E-state index contributed by atoms with van der Waals surface area (Å²) in [5.41, 5.74) is 0. The Balaban J connectivity index is 0. The van der Waals surface area contributed by atoms with Gasteiger partial charge in [0, 0.05) is 0 Å². The van der Waals surface area contributed by atoms with Crippen LogP contribution < -0.4 is 0 Å². The highest BCUT2D eigenvalue weighted by Crippen LogP contribution is 2.53. The van der Waals surface area contributed by atoms with Crippen LogP contribution in [-0.2, 0) is 13.4 Å². The molecule has 4 N–H and O–H groups in total. The van der Waals surface area contributed by atoms with Gasteiger partial charge in [-0.1, -0.05) is 6.08 Å². The van der Waals surface area contributed by atoms with Crippen molar-refractivity contribution in [1.82, 2.24) is 0 Å². The average Bonchev–Trinajstić information content (AvgIpc) is 1.53. The van der Waals surface area contributed by atoms with Crippen LogP contribution in [0.1, 0.15) is 6.92 Å². The van der Waals surface area contributed by atoms with Crippen LogP contribution in [0.25, 0.3) is 0 Å². The van der Waals surface area contributed by atoms with Gasteiger partial charge >= 0.3 is 15.6 Å². The molecule has 9 heteroatoms. The molecule has 7 nitrogen and oxygen atoms in total. The number of rotatable bonds is 2. The second-order valence-corrected chi connectivity index (χ2v) is 4.09. The normalized spacial score (nSPS) is 11.4. The van der Waals surface area contributed by atoms with E-state index in [2.05, 4.69) is 10.9 Å². The summed E-state index contributed by atoms with van der Waals surface area (Å²) >= 11 is 0. The second-order valence-electron chi connectivity index (χ2n) is 1.47. The van der Waals surface area contributed by atoms with E-state index < -0.39 is 15.6 Å². The quantitative estimate of drug-likeness (QED) is 0.391. The van der Waals surface area contributed by atoms with E-state index in [0.29, 0.717) is 0 Å². The van der Waals surface area contributed by atoms with Crippen molar-refractivity contribution in [3.8, 4) is 0 Å². The third kappa shape index (κ3) is 22.5. The summed E-state index contributed by atoms with van der Waals surface area (Å²) in [5, 5.41) is 0. The standard InChI is InChI=1S/C3H6.H4O7P2/c1-3-2;1-8(2,3)7-9(4,5)6/h3H,1H2,2H3;(H2,1,2,3)(H2,4,5,6). The molecule has 0 aromatic rings. The number of hydrogen-bond donors (Lipinski definition) is 4. The Morgan fingerprint density at radius 3 is 1.33 bits per heavy atom. The topological polar surface area (TPSA) is 124 Å². The second kappa shape index (κ2) is 5.61. The van der Waals surface area contributed by atoms with Crippen molar-refractivity contribution >= 4 is 15.6 Å². The summed E-state index contributed by atoms with van der Waals surface area (Å²) in [4.78, 5) is 31.0. The van der Waals surface area contributed by atoms with Gasteiger partial charge in [0.15, 0.2) is 0 Å². The number of allylic oxidation sites excluding steroid dienone is 1. The van der Waals surface area contributed by atoms with Crippen LogP contribution >= 0.6 is 15.6 Å². The molecular weight excluding hydrogens is 210 g/mol. The number of hydrogen-bond acceptors (Lipinski definition) is 3. The van der Waals surface area contributed by atoms with E-state index in [0.717, 1.165) is 0 Å². The molecule has 0 spiro atoms. The summed E-state index contributed by atoms with van der Waals surface area (Å²) in [7, 11) is -10.1. The fourth-order valence-electron chi connectivity index (χ4n) is 0.139. The van der Waals surface area contributed by atoms with Crippen molar-refractivity contribution in [2.45, 2.75) is 6.92 Å². The Hall–Kier alpha value is -0.0000000000000000971. The zero-order chi connectivity index (χ0) is 10.4. The number of phosphoric acid groups is 2. The lowest BCUT2D eigenvalue weighted by Gasteiger charge is -2.03. The Morgan fingerprint density at radius 2 is 1.33 bits per heavy atom. The maximum atomic E-state index is 9.63. The van der Waals surface area contributed by atoms with Crippen LogP contribution in [0.15, 0.2) is 12.7 Å². The Labute approximate surface area is 69.2 Å². The van der Waals surface area contributed by atoms with Crippen molar-refractivity contribution in [3.05, 3.63) is 12.7 Å². The lowest BCUT2D eigenvalue weighted by molar-refractivity contribution is 0.225. The molecule has 0 bridgehead atoms. The molecule has 0 saturated carbocycles. The van der Waals surface area contributed by atoms with Gasteiger partial charge in [-0.25, -0.2) is 9.13 Å².